The summed E-state index contributed by atoms with van der Waals surface area (Å²) in [4.78, 5) is 26.6. The average Bonchev–Trinajstić information content (AvgIpc) is 2.88. The topological polar surface area (TPSA) is 58.6 Å². The molecule has 0 bridgehead atoms. The molecule has 0 radical (unpaired) electrons. The van der Waals surface area contributed by atoms with Gasteiger partial charge >= 0.3 is 0 Å². The van der Waals surface area contributed by atoms with E-state index in [1.165, 1.54) is 0 Å². The summed E-state index contributed by atoms with van der Waals surface area (Å²) in [5.41, 5.74) is 3.60. The van der Waals surface area contributed by atoms with Crippen LogP contribution in [0.3, 0.4) is 0 Å². The van der Waals surface area contributed by atoms with Crippen LogP contribution in [0.4, 0.5) is 5.69 Å². The van der Waals surface area contributed by atoms with Gasteiger partial charge < -0.3 is 15.0 Å². The number of nitrogens with one attached hydrogen (secondary N) is 1. The Morgan fingerprint density at radius 2 is 1.62 bits per heavy atom. The summed E-state index contributed by atoms with van der Waals surface area (Å²) < 4.78 is 5.68. The second-order valence-electron chi connectivity index (χ2n) is 7.06. The molecule has 1 aliphatic heterocycles. The molecule has 3 aromatic carbocycles. The van der Waals surface area contributed by atoms with E-state index in [9.17, 15) is 9.59 Å². The normalized spacial score (nSPS) is 13.2. The van der Waals surface area contributed by atoms with Crippen molar-refractivity contribution in [3.05, 3.63) is 95.6 Å². The van der Waals surface area contributed by atoms with E-state index in [4.69, 9.17) is 4.74 Å². The molecule has 5 nitrogen and oxygen atoms in total. The fourth-order valence-corrected chi connectivity index (χ4v) is 3.38. The van der Waals surface area contributed by atoms with Crippen LogP contribution in [0.25, 0.3) is 0 Å². The first-order valence-electron chi connectivity index (χ1n) is 9.58. The largest absolute Gasteiger partial charge is 0.483 e. The van der Waals surface area contributed by atoms with Crippen LogP contribution >= 0.6 is 0 Å². The van der Waals surface area contributed by atoms with Crippen molar-refractivity contribution in [2.75, 3.05) is 11.9 Å². The Labute approximate surface area is 169 Å². The van der Waals surface area contributed by atoms with Crippen molar-refractivity contribution in [1.29, 1.82) is 0 Å². The third kappa shape index (κ3) is 4.82. The van der Waals surface area contributed by atoms with Crippen LogP contribution in [0, 0.1) is 0 Å². The summed E-state index contributed by atoms with van der Waals surface area (Å²) in [5, 5.41) is 2.94. The number of rotatable bonds is 5. The van der Waals surface area contributed by atoms with E-state index in [0.29, 0.717) is 30.9 Å². The summed E-state index contributed by atoms with van der Waals surface area (Å²) in [7, 11) is 0. The molecule has 1 N–H and O–H groups in total. The van der Waals surface area contributed by atoms with Crippen LogP contribution in [0.5, 0.6) is 5.75 Å². The van der Waals surface area contributed by atoms with E-state index in [0.717, 1.165) is 16.7 Å². The first-order valence-corrected chi connectivity index (χ1v) is 9.58. The molecule has 146 valence electrons. The van der Waals surface area contributed by atoms with Gasteiger partial charge in [0, 0.05) is 24.3 Å². The molecule has 0 unspecified atom stereocenters. The second kappa shape index (κ2) is 8.61. The molecule has 0 saturated heterocycles. The quantitative estimate of drug-likeness (QED) is 0.726. The minimum atomic E-state index is -0.0806. The minimum absolute atomic E-state index is 0.0134. The van der Waals surface area contributed by atoms with E-state index < -0.39 is 0 Å². The number of amides is 2. The number of anilines is 1. The molecule has 0 aromatic heterocycles. The molecule has 3 aromatic rings. The smallest absolute Gasteiger partial charge is 0.261 e. The molecular weight excluding hydrogens is 364 g/mol. The van der Waals surface area contributed by atoms with Crippen LogP contribution in [0.15, 0.2) is 78.9 Å². The zero-order valence-electron chi connectivity index (χ0n) is 16.0. The van der Waals surface area contributed by atoms with E-state index in [2.05, 4.69) is 5.32 Å². The molecule has 0 aliphatic carbocycles. The van der Waals surface area contributed by atoms with Crippen molar-refractivity contribution in [2.24, 2.45) is 0 Å². The average molecular weight is 386 g/mol. The van der Waals surface area contributed by atoms with Crippen LogP contribution in [0.1, 0.15) is 16.7 Å². The third-order valence-electron chi connectivity index (χ3n) is 4.83. The first kappa shape index (κ1) is 18.7. The van der Waals surface area contributed by atoms with Crippen LogP contribution in [0.2, 0.25) is 0 Å². The maximum absolute atomic E-state index is 12.5. The Hall–Kier alpha value is -3.60. The Bertz CT molecular complexity index is 1000. The molecule has 0 saturated carbocycles. The maximum atomic E-state index is 12.5. The molecule has 2 amide bonds. The molecule has 1 heterocycles. The van der Waals surface area contributed by atoms with Crippen molar-refractivity contribution in [3.8, 4) is 5.75 Å². The second-order valence-corrected chi connectivity index (χ2v) is 7.06. The predicted octanol–water partition coefficient (Wildman–Crippen LogP) is 3.79. The first-order chi connectivity index (χ1) is 14.2. The van der Waals surface area contributed by atoms with Gasteiger partial charge in [0.25, 0.3) is 5.91 Å². The van der Waals surface area contributed by atoms with Crippen molar-refractivity contribution in [1.82, 2.24) is 4.90 Å². The molecule has 0 fully saturated rings. The Kier molecular flexibility index (Phi) is 5.56. The molecule has 0 atom stereocenters. The van der Waals surface area contributed by atoms with Crippen molar-refractivity contribution < 1.29 is 14.3 Å². The SMILES string of the molecule is O=C(Cc1ccccc1)Nc1ccc2c(c1)CN(Cc1ccccc1)C(=O)CO2. The fourth-order valence-electron chi connectivity index (χ4n) is 3.38. The number of nitrogens with zero attached hydrogens (tertiary/aromatic N) is 1. The zero-order valence-corrected chi connectivity index (χ0v) is 16.0. The van der Waals surface area contributed by atoms with Gasteiger partial charge in [-0.1, -0.05) is 60.7 Å². The van der Waals surface area contributed by atoms with Gasteiger partial charge in [-0.05, 0) is 29.3 Å². The molecule has 29 heavy (non-hydrogen) atoms. The Morgan fingerprint density at radius 3 is 2.34 bits per heavy atom. The van der Waals surface area contributed by atoms with Crippen molar-refractivity contribution >= 4 is 17.5 Å². The fraction of sp³-hybridized carbons (Fsp3) is 0.167. The van der Waals surface area contributed by atoms with Gasteiger partial charge in [0.15, 0.2) is 6.61 Å². The highest BCUT2D eigenvalue weighted by molar-refractivity contribution is 5.92. The van der Waals surface area contributed by atoms with Crippen LogP contribution in [-0.4, -0.2) is 23.3 Å². The summed E-state index contributed by atoms with van der Waals surface area (Å²) >= 11 is 0. The van der Waals surface area contributed by atoms with Crippen LogP contribution < -0.4 is 10.1 Å². The number of benzene rings is 3. The molecular formula is C24H22N2O3. The van der Waals surface area contributed by atoms with E-state index in [-0.39, 0.29) is 18.4 Å². The lowest BCUT2D eigenvalue weighted by atomic mass is 10.1. The van der Waals surface area contributed by atoms with Gasteiger partial charge in [0.1, 0.15) is 5.75 Å². The molecule has 1 aliphatic rings. The van der Waals surface area contributed by atoms with Gasteiger partial charge in [0.2, 0.25) is 5.91 Å². The Morgan fingerprint density at radius 1 is 0.931 bits per heavy atom. The summed E-state index contributed by atoms with van der Waals surface area (Å²) in [6.45, 7) is 0.970. The summed E-state index contributed by atoms with van der Waals surface area (Å²) in [5.74, 6) is 0.539. The van der Waals surface area contributed by atoms with Gasteiger partial charge in [-0.2, -0.15) is 0 Å². The maximum Gasteiger partial charge on any atom is 0.261 e. The van der Waals surface area contributed by atoms with Crippen molar-refractivity contribution in [2.45, 2.75) is 19.5 Å². The van der Waals surface area contributed by atoms with Crippen molar-refractivity contribution in [3.63, 3.8) is 0 Å². The summed E-state index contributed by atoms with van der Waals surface area (Å²) in [6.07, 6.45) is 0.313. The lowest BCUT2D eigenvalue weighted by Crippen LogP contribution is -2.31. The van der Waals surface area contributed by atoms with E-state index in [1.807, 2.05) is 72.8 Å². The van der Waals surface area contributed by atoms with E-state index in [1.54, 1.807) is 11.0 Å². The monoisotopic (exact) mass is 386 g/mol. The van der Waals surface area contributed by atoms with Gasteiger partial charge in [-0.3, -0.25) is 9.59 Å². The number of carbonyl (C=O) groups is 2. The van der Waals surface area contributed by atoms with Gasteiger partial charge in [-0.15, -0.1) is 0 Å². The molecule has 5 heteroatoms. The lowest BCUT2D eigenvalue weighted by molar-refractivity contribution is -0.133. The lowest BCUT2D eigenvalue weighted by Gasteiger charge is -2.20. The van der Waals surface area contributed by atoms with Gasteiger partial charge in [0.05, 0.1) is 6.42 Å². The van der Waals surface area contributed by atoms with Gasteiger partial charge in [-0.25, -0.2) is 0 Å². The number of ether oxygens (including phenoxy) is 1. The predicted molar refractivity (Wildman–Crippen MR) is 111 cm³/mol. The third-order valence-corrected chi connectivity index (χ3v) is 4.83. The number of hydrogen-bond acceptors (Lipinski definition) is 3. The highest BCUT2D eigenvalue weighted by Gasteiger charge is 2.22. The highest BCUT2D eigenvalue weighted by atomic mass is 16.5. The molecule has 0 spiro atoms. The standard InChI is InChI=1S/C24H22N2O3/c27-23(13-18-7-3-1-4-8-18)25-21-11-12-22-20(14-21)16-26(24(28)17-29-22)15-19-9-5-2-6-10-19/h1-12,14H,13,15-17H2,(H,25,27). The van der Waals surface area contributed by atoms with E-state index >= 15 is 0 Å². The number of carbonyl (C=O) groups excluding carboxylic acids is 2. The Balaban J connectivity index is 1.48. The van der Waals surface area contributed by atoms with Crippen LogP contribution in [-0.2, 0) is 29.1 Å². The summed E-state index contributed by atoms with van der Waals surface area (Å²) in [6, 6.07) is 25.0. The molecule has 4 rings (SSSR count). The highest BCUT2D eigenvalue weighted by Crippen LogP contribution is 2.27. The number of hydrogen-bond donors (Lipinski definition) is 1. The zero-order chi connectivity index (χ0) is 20.1. The minimum Gasteiger partial charge on any atom is -0.483 e. The number of fused-ring (bicyclic) bond motifs is 1.